The van der Waals surface area contributed by atoms with Crippen molar-refractivity contribution in [1.29, 1.82) is 0 Å². The van der Waals surface area contributed by atoms with Gasteiger partial charge in [0.15, 0.2) is 0 Å². The summed E-state index contributed by atoms with van der Waals surface area (Å²) in [6.45, 7) is 3.04. The van der Waals surface area contributed by atoms with Gasteiger partial charge in [0, 0.05) is 5.41 Å². The van der Waals surface area contributed by atoms with Gasteiger partial charge in [0.2, 0.25) is 0 Å². The van der Waals surface area contributed by atoms with Gasteiger partial charge >= 0.3 is 11.9 Å². The molecule has 0 heterocycles. The summed E-state index contributed by atoms with van der Waals surface area (Å²) >= 11 is 0. The highest BCUT2D eigenvalue weighted by molar-refractivity contribution is 5.78. The first-order valence-electron chi connectivity index (χ1n) is 9.48. The molecule has 1 atom stereocenters. The number of unbranched alkanes of at least 4 members (excludes halogenated alkanes) is 7. The topological polar surface area (TPSA) is 104 Å². The first-order chi connectivity index (χ1) is 11.9. The SMILES string of the molecule is CCCCCCCCCCC(CC(=O)OCC(C)(CO)CO)C(=O)O. The monoisotopic (exact) mass is 360 g/mol. The van der Waals surface area contributed by atoms with Crippen LogP contribution in [0.2, 0.25) is 0 Å². The van der Waals surface area contributed by atoms with Crippen LogP contribution in [0.15, 0.2) is 0 Å². The molecule has 0 amide bonds. The van der Waals surface area contributed by atoms with E-state index in [1.807, 2.05) is 0 Å². The highest BCUT2D eigenvalue weighted by Gasteiger charge is 2.27. The molecule has 0 aromatic carbocycles. The lowest BCUT2D eigenvalue weighted by Crippen LogP contribution is -2.33. The second kappa shape index (κ2) is 14.1. The summed E-state index contributed by atoms with van der Waals surface area (Å²) in [4.78, 5) is 23.1. The number of hydrogen-bond acceptors (Lipinski definition) is 5. The van der Waals surface area contributed by atoms with E-state index in [-0.39, 0.29) is 26.2 Å². The zero-order chi connectivity index (χ0) is 19.1. The van der Waals surface area contributed by atoms with E-state index < -0.39 is 23.3 Å². The van der Waals surface area contributed by atoms with Crippen LogP contribution in [0.3, 0.4) is 0 Å². The molecule has 0 aliphatic heterocycles. The molecule has 0 fully saturated rings. The number of hydrogen-bond donors (Lipinski definition) is 3. The molecule has 25 heavy (non-hydrogen) atoms. The summed E-state index contributed by atoms with van der Waals surface area (Å²) in [6.07, 6.45) is 9.36. The number of aliphatic hydroxyl groups excluding tert-OH is 2. The number of aliphatic hydroxyl groups is 2. The number of rotatable bonds is 16. The van der Waals surface area contributed by atoms with Crippen LogP contribution in [0.4, 0.5) is 0 Å². The van der Waals surface area contributed by atoms with Crippen LogP contribution in [0.5, 0.6) is 0 Å². The van der Waals surface area contributed by atoms with Crippen molar-refractivity contribution in [2.75, 3.05) is 19.8 Å². The molecule has 6 heteroatoms. The third-order valence-corrected chi connectivity index (χ3v) is 4.51. The number of carboxylic acid groups (broad SMARTS) is 1. The highest BCUT2D eigenvalue weighted by atomic mass is 16.5. The van der Waals surface area contributed by atoms with Crippen molar-refractivity contribution in [2.24, 2.45) is 11.3 Å². The molecule has 148 valence electrons. The minimum absolute atomic E-state index is 0.122. The zero-order valence-corrected chi connectivity index (χ0v) is 15.8. The van der Waals surface area contributed by atoms with Gasteiger partial charge in [0.25, 0.3) is 0 Å². The molecule has 0 rings (SSSR count). The van der Waals surface area contributed by atoms with Gasteiger partial charge in [-0.25, -0.2) is 0 Å². The van der Waals surface area contributed by atoms with Crippen molar-refractivity contribution in [3.8, 4) is 0 Å². The average Bonchev–Trinajstić information content (AvgIpc) is 2.60. The molecule has 0 spiro atoms. The summed E-state index contributed by atoms with van der Waals surface area (Å²) in [5.41, 5.74) is -0.897. The normalized spacial score (nSPS) is 12.8. The first kappa shape index (κ1) is 23.9. The van der Waals surface area contributed by atoms with E-state index in [1.165, 1.54) is 32.1 Å². The van der Waals surface area contributed by atoms with Crippen molar-refractivity contribution in [2.45, 2.75) is 78.1 Å². The fourth-order valence-electron chi connectivity index (χ4n) is 2.49. The third kappa shape index (κ3) is 11.9. The van der Waals surface area contributed by atoms with Crippen LogP contribution in [0.25, 0.3) is 0 Å². The maximum Gasteiger partial charge on any atom is 0.307 e. The van der Waals surface area contributed by atoms with E-state index in [4.69, 9.17) is 14.9 Å². The number of ether oxygens (including phenoxy) is 1. The molecule has 1 unspecified atom stereocenters. The fourth-order valence-corrected chi connectivity index (χ4v) is 2.49. The van der Waals surface area contributed by atoms with E-state index in [9.17, 15) is 14.7 Å². The molecular formula is C19H36O6. The maximum absolute atomic E-state index is 11.8. The minimum Gasteiger partial charge on any atom is -0.481 e. The lowest BCUT2D eigenvalue weighted by molar-refractivity contribution is -0.155. The number of aliphatic carboxylic acids is 1. The molecule has 0 saturated heterocycles. The quantitative estimate of drug-likeness (QED) is 0.288. The Balaban J connectivity index is 4.01. The lowest BCUT2D eigenvalue weighted by atomic mass is 9.94. The van der Waals surface area contributed by atoms with Gasteiger partial charge < -0.3 is 20.1 Å². The van der Waals surface area contributed by atoms with Crippen molar-refractivity contribution in [1.82, 2.24) is 0 Å². The molecule has 0 saturated carbocycles. The molecule has 0 aromatic heterocycles. The Hall–Kier alpha value is -1.14. The van der Waals surface area contributed by atoms with Gasteiger partial charge in [-0.3, -0.25) is 9.59 Å². The first-order valence-corrected chi connectivity index (χ1v) is 9.48. The summed E-state index contributed by atoms with van der Waals surface area (Å²) in [5.74, 6) is -2.31. The zero-order valence-electron chi connectivity index (χ0n) is 15.8. The van der Waals surface area contributed by atoms with Crippen LogP contribution in [0, 0.1) is 11.3 Å². The minimum atomic E-state index is -0.980. The highest BCUT2D eigenvalue weighted by Crippen LogP contribution is 2.19. The largest absolute Gasteiger partial charge is 0.481 e. The second-order valence-corrected chi connectivity index (χ2v) is 7.29. The fraction of sp³-hybridized carbons (Fsp3) is 0.895. The molecule has 0 radical (unpaired) electrons. The van der Waals surface area contributed by atoms with E-state index in [2.05, 4.69) is 6.92 Å². The Morgan fingerprint density at radius 3 is 1.96 bits per heavy atom. The second-order valence-electron chi connectivity index (χ2n) is 7.29. The summed E-state index contributed by atoms with van der Waals surface area (Å²) in [5, 5.41) is 27.6. The lowest BCUT2D eigenvalue weighted by Gasteiger charge is -2.24. The van der Waals surface area contributed by atoms with Crippen molar-refractivity contribution in [3.63, 3.8) is 0 Å². The number of esters is 1. The smallest absolute Gasteiger partial charge is 0.307 e. The van der Waals surface area contributed by atoms with Crippen LogP contribution in [-0.2, 0) is 14.3 Å². The predicted octanol–water partition coefficient (Wildman–Crippen LogP) is 3.14. The molecule has 0 bridgehead atoms. The van der Waals surface area contributed by atoms with Crippen molar-refractivity contribution in [3.05, 3.63) is 0 Å². The Morgan fingerprint density at radius 1 is 0.960 bits per heavy atom. The van der Waals surface area contributed by atoms with Gasteiger partial charge in [-0.05, 0) is 6.42 Å². The Morgan fingerprint density at radius 2 is 1.48 bits per heavy atom. The predicted molar refractivity (Wildman–Crippen MR) is 96.2 cm³/mol. The van der Waals surface area contributed by atoms with Crippen LogP contribution >= 0.6 is 0 Å². The number of carboxylic acids is 1. The van der Waals surface area contributed by atoms with Gasteiger partial charge in [-0.2, -0.15) is 0 Å². The standard InChI is InChI=1S/C19H36O6/c1-3-4-5-6-7-8-9-10-11-16(18(23)24)12-17(22)25-15-19(2,13-20)14-21/h16,20-21H,3-15H2,1-2H3,(H,23,24). The summed E-state index contributed by atoms with van der Waals surface area (Å²) in [6, 6.07) is 0. The molecule has 3 N–H and O–H groups in total. The van der Waals surface area contributed by atoms with Crippen LogP contribution in [-0.4, -0.2) is 47.1 Å². The van der Waals surface area contributed by atoms with Gasteiger partial charge in [-0.1, -0.05) is 65.2 Å². The summed E-state index contributed by atoms with van der Waals surface area (Å²) < 4.78 is 5.03. The molecule has 0 aliphatic carbocycles. The third-order valence-electron chi connectivity index (χ3n) is 4.51. The maximum atomic E-state index is 11.8. The Labute approximate surface area is 151 Å². The Bertz CT molecular complexity index is 365. The van der Waals surface area contributed by atoms with Gasteiger partial charge in [0.05, 0.1) is 25.6 Å². The van der Waals surface area contributed by atoms with E-state index >= 15 is 0 Å². The van der Waals surface area contributed by atoms with Crippen molar-refractivity contribution < 1.29 is 29.6 Å². The molecule has 0 aliphatic rings. The molecular weight excluding hydrogens is 324 g/mol. The van der Waals surface area contributed by atoms with E-state index in [1.54, 1.807) is 6.92 Å². The summed E-state index contributed by atoms with van der Waals surface area (Å²) in [7, 11) is 0. The Kier molecular flexibility index (Phi) is 13.4. The van der Waals surface area contributed by atoms with Gasteiger partial charge in [0.1, 0.15) is 6.61 Å². The number of carbonyl (C=O) groups is 2. The van der Waals surface area contributed by atoms with Gasteiger partial charge in [-0.15, -0.1) is 0 Å². The molecule has 6 nitrogen and oxygen atoms in total. The average molecular weight is 360 g/mol. The number of carbonyl (C=O) groups excluding carboxylic acids is 1. The molecule has 0 aromatic rings. The van der Waals surface area contributed by atoms with E-state index in [0.717, 1.165) is 19.3 Å². The van der Waals surface area contributed by atoms with Crippen LogP contribution in [0.1, 0.15) is 78.1 Å². The van der Waals surface area contributed by atoms with E-state index in [0.29, 0.717) is 6.42 Å². The van der Waals surface area contributed by atoms with Crippen LogP contribution < -0.4 is 0 Å². The van der Waals surface area contributed by atoms with Crippen molar-refractivity contribution >= 4 is 11.9 Å².